The van der Waals surface area contributed by atoms with E-state index in [-0.39, 0.29) is 5.92 Å². The summed E-state index contributed by atoms with van der Waals surface area (Å²) in [6.45, 7) is 2.38. The van der Waals surface area contributed by atoms with Crippen molar-refractivity contribution in [1.29, 1.82) is 0 Å². The van der Waals surface area contributed by atoms with E-state index in [1.54, 1.807) is 11.3 Å². The number of nitrogens with zero attached hydrogens (tertiary/aromatic N) is 1. The lowest BCUT2D eigenvalue weighted by Gasteiger charge is -2.26. The van der Waals surface area contributed by atoms with E-state index < -0.39 is 30.4 Å². The molecule has 1 aliphatic rings. The lowest BCUT2D eigenvalue weighted by atomic mass is 9.92. The van der Waals surface area contributed by atoms with Crippen molar-refractivity contribution in [3.63, 3.8) is 0 Å². The van der Waals surface area contributed by atoms with Crippen molar-refractivity contribution < 1.29 is 18.7 Å². The van der Waals surface area contributed by atoms with Crippen LogP contribution in [0, 0.1) is 5.92 Å². The topological polar surface area (TPSA) is 40.5 Å². The van der Waals surface area contributed by atoms with E-state index in [9.17, 15) is 18.7 Å². The summed E-state index contributed by atoms with van der Waals surface area (Å²) >= 11 is 1.65. The van der Waals surface area contributed by atoms with Crippen LogP contribution in [0.25, 0.3) is 0 Å². The van der Waals surface area contributed by atoms with Crippen LogP contribution in [0.3, 0.4) is 0 Å². The number of carbonyl (C=O) groups excluding carboxylic acids is 1. The van der Waals surface area contributed by atoms with Gasteiger partial charge in [0.15, 0.2) is 0 Å². The molecule has 2 heterocycles. The van der Waals surface area contributed by atoms with E-state index >= 15 is 0 Å². The maximum atomic E-state index is 14.1. The van der Waals surface area contributed by atoms with Crippen molar-refractivity contribution in [3.05, 3.63) is 58.3 Å². The van der Waals surface area contributed by atoms with Gasteiger partial charge in [0.25, 0.3) is 5.91 Å². The number of aliphatic hydroxyl groups is 1. The second kappa shape index (κ2) is 11.9. The molecule has 1 saturated heterocycles. The molecular formula is C26H35F2NO2S. The average molecular weight is 464 g/mol. The molecular weight excluding hydrogens is 428 g/mol. The molecule has 0 bridgehead atoms. The highest BCUT2D eigenvalue weighted by Gasteiger charge is 2.52. The summed E-state index contributed by atoms with van der Waals surface area (Å²) < 4.78 is 28.2. The Morgan fingerprint density at radius 1 is 1.09 bits per heavy atom. The van der Waals surface area contributed by atoms with Crippen LogP contribution in [0.15, 0.2) is 47.8 Å². The lowest BCUT2D eigenvalue weighted by Crippen LogP contribution is -2.37. The molecule has 1 aromatic carbocycles. The van der Waals surface area contributed by atoms with Gasteiger partial charge in [-0.15, -0.1) is 11.3 Å². The van der Waals surface area contributed by atoms with Gasteiger partial charge in [-0.2, -0.15) is 8.78 Å². The molecule has 6 heteroatoms. The van der Waals surface area contributed by atoms with Gasteiger partial charge >= 0.3 is 5.92 Å². The summed E-state index contributed by atoms with van der Waals surface area (Å²) in [5.74, 6) is -4.20. The highest BCUT2D eigenvalue weighted by Crippen LogP contribution is 2.36. The first-order valence-electron chi connectivity index (χ1n) is 11.8. The van der Waals surface area contributed by atoms with Crippen molar-refractivity contribution in [2.24, 2.45) is 5.92 Å². The number of carbonyl (C=O) groups is 1. The summed E-state index contributed by atoms with van der Waals surface area (Å²) in [7, 11) is 0. The Hall–Kier alpha value is -1.79. The minimum absolute atomic E-state index is 0.121. The van der Waals surface area contributed by atoms with Gasteiger partial charge in [-0.1, -0.05) is 49.7 Å². The minimum Gasteiger partial charge on any atom is -0.393 e. The first kappa shape index (κ1) is 24.8. The molecule has 3 atom stereocenters. The predicted molar refractivity (Wildman–Crippen MR) is 126 cm³/mol. The molecule has 176 valence electrons. The summed E-state index contributed by atoms with van der Waals surface area (Å²) in [6, 6.07) is 13.9. The maximum Gasteiger partial charge on any atom is 0.326 e. The molecule has 1 fully saturated rings. The molecule has 0 unspecified atom stereocenters. The Morgan fingerprint density at radius 3 is 2.59 bits per heavy atom. The Labute approximate surface area is 194 Å². The van der Waals surface area contributed by atoms with Crippen molar-refractivity contribution in [2.75, 3.05) is 6.54 Å². The smallest absolute Gasteiger partial charge is 0.326 e. The second-order valence-electron chi connectivity index (χ2n) is 9.10. The number of rotatable bonds is 13. The zero-order chi connectivity index (χ0) is 23.0. The molecule has 1 aromatic heterocycles. The van der Waals surface area contributed by atoms with Crippen LogP contribution in [0.1, 0.15) is 62.3 Å². The summed E-state index contributed by atoms with van der Waals surface area (Å²) in [6.07, 6.45) is 5.45. The van der Waals surface area contributed by atoms with E-state index in [2.05, 4.69) is 12.1 Å². The third kappa shape index (κ3) is 7.11. The zero-order valence-electron chi connectivity index (χ0n) is 18.9. The number of benzene rings is 1. The number of hydrogen-bond acceptors (Lipinski definition) is 3. The van der Waals surface area contributed by atoms with Gasteiger partial charge in [0.05, 0.1) is 6.10 Å². The number of thiophene rings is 1. The number of hydrogen-bond donors (Lipinski definition) is 1. The lowest BCUT2D eigenvalue weighted by molar-refractivity contribution is -0.148. The van der Waals surface area contributed by atoms with Gasteiger partial charge in [0.2, 0.25) is 0 Å². The van der Waals surface area contributed by atoms with Crippen LogP contribution in [0.2, 0.25) is 0 Å². The SMILES string of the molecule is C[C@H](CCCCc1ccccc1)[C@H](O)CC[C@H]1CC(F)(F)C(=O)N1CCCc1cccs1. The van der Waals surface area contributed by atoms with Crippen LogP contribution in [0.5, 0.6) is 0 Å². The standard InChI is InChI=1S/C26H35F2NO2S/c1-20(9-5-6-12-21-10-3-2-4-11-21)24(30)16-15-22-19-26(27,28)25(31)29(22)17-7-13-23-14-8-18-32-23/h2-4,8,10-11,14,18,20,22,24,30H,5-7,9,12-13,15-17,19H2,1H3/t20-,22+,24-/m1/s1. The van der Waals surface area contributed by atoms with Crippen molar-refractivity contribution >= 4 is 17.2 Å². The largest absolute Gasteiger partial charge is 0.393 e. The van der Waals surface area contributed by atoms with Crippen LogP contribution < -0.4 is 0 Å². The first-order valence-corrected chi connectivity index (χ1v) is 12.7. The number of aryl methyl sites for hydroxylation is 2. The molecule has 0 radical (unpaired) electrons. The summed E-state index contributed by atoms with van der Waals surface area (Å²) in [5.41, 5.74) is 1.33. The predicted octanol–water partition coefficient (Wildman–Crippen LogP) is 6.11. The van der Waals surface area contributed by atoms with Gasteiger partial charge in [-0.3, -0.25) is 4.79 Å². The van der Waals surface area contributed by atoms with E-state index in [1.807, 2.05) is 42.6 Å². The number of alkyl halides is 2. The fourth-order valence-corrected chi connectivity index (χ4v) is 5.32. The van der Waals surface area contributed by atoms with Gasteiger partial charge in [-0.25, -0.2) is 0 Å². The molecule has 1 aliphatic heterocycles. The van der Waals surface area contributed by atoms with Crippen LogP contribution in [0.4, 0.5) is 8.78 Å². The molecule has 0 spiro atoms. The van der Waals surface area contributed by atoms with E-state index in [1.165, 1.54) is 15.3 Å². The number of unbranched alkanes of at least 4 members (excludes halogenated alkanes) is 1. The van der Waals surface area contributed by atoms with Crippen molar-refractivity contribution in [3.8, 4) is 0 Å². The normalized spacial score (nSPS) is 19.9. The Morgan fingerprint density at radius 2 is 1.88 bits per heavy atom. The zero-order valence-corrected chi connectivity index (χ0v) is 19.7. The molecule has 0 aliphatic carbocycles. The molecule has 0 saturated carbocycles. The molecule has 1 N–H and O–H groups in total. The minimum atomic E-state index is -3.28. The number of halogens is 2. The molecule has 1 amide bonds. The quantitative estimate of drug-likeness (QED) is 0.364. The average Bonchev–Trinajstić information content (AvgIpc) is 3.37. The number of likely N-dealkylation sites (tertiary alicyclic amines) is 1. The Balaban J connectivity index is 1.40. The molecule has 3 nitrogen and oxygen atoms in total. The van der Waals surface area contributed by atoms with E-state index in [0.717, 1.165) is 32.1 Å². The fourth-order valence-electron chi connectivity index (χ4n) is 4.57. The number of aliphatic hydroxyl groups excluding tert-OH is 1. The first-order chi connectivity index (χ1) is 15.4. The third-order valence-electron chi connectivity index (χ3n) is 6.58. The van der Waals surface area contributed by atoms with Crippen molar-refractivity contribution in [2.45, 2.75) is 82.8 Å². The van der Waals surface area contributed by atoms with Gasteiger partial charge in [-0.05, 0) is 67.9 Å². The Bertz CT molecular complexity index is 812. The molecule has 2 aromatic rings. The van der Waals surface area contributed by atoms with Crippen LogP contribution >= 0.6 is 11.3 Å². The van der Waals surface area contributed by atoms with E-state index in [0.29, 0.717) is 25.8 Å². The van der Waals surface area contributed by atoms with Gasteiger partial charge < -0.3 is 10.0 Å². The van der Waals surface area contributed by atoms with Gasteiger partial charge in [0, 0.05) is 23.9 Å². The van der Waals surface area contributed by atoms with E-state index in [4.69, 9.17) is 0 Å². The molecule has 3 rings (SSSR count). The van der Waals surface area contributed by atoms with Gasteiger partial charge in [0.1, 0.15) is 0 Å². The second-order valence-corrected chi connectivity index (χ2v) is 10.1. The summed E-state index contributed by atoms with van der Waals surface area (Å²) in [4.78, 5) is 14.8. The molecule has 32 heavy (non-hydrogen) atoms. The highest BCUT2D eigenvalue weighted by atomic mass is 32.1. The third-order valence-corrected chi connectivity index (χ3v) is 7.52. The van der Waals surface area contributed by atoms with Crippen LogP contribution in [-0.4, -0.2) is 40.5 Å². The Kier molecular flexibility index (Phi) is 9.23. The monoisotopic (exact) mass is 463 g/mol. The summed E-state index contributed by atoms with van der Waals surface area (Å²) in [5, 5.41) is 12.6. The highest BCUT2D eigenvalue weighted by molar-refractivity contribution is 7.09. The number of amides is 1. The maximum absolute atomic E-state index is 14.1. The fraction of sp³-hybridized carbons (Fsp3) is 0.577. The van der Waals surface area contributed by atoms with Crippen molar-refractivity contribution in [1.82, 2.24) is 4.90 Å². The van der Waals surface area contributed by atoms with Crippen LogP contribution in [-0.2, 0) is 17.6 Å².